The number of fused-ring (bicyclic) bond motifs is 1. The highest BCUT2D eigenvalue weighted by Gasteiger charge is 2.26. The maximum absolute atomic E-state index is 12.6. The van der Waals surface area contributed by atoms with Crippen molar-refractivity contribution < 1.29 is 9.32 Å². The number of rotatable bonds is 1. The van der Waals surface area contributed by atoms with Crippen LogP contribution in [0.1, 0.15) is 32.9 Å². The van der Waals surface area contributed by atoms with Crippen molar-refractivity contribution in [2.75, 3.05) is 6.54 Å². The van der Waals surface area contributed by atoms with Crippen LogP contribution in [0.15, 0.2) is 21.6 Å². The molecule has 1 amide bonds. The van der Waals surface area contributed by atoms with Gasteiger partial charge in [-0.05, 0) is 25.5 Å². The van der Waals surface area contributed by atoms with E-state index < -0.39 is 0 Å². The average Bonchev–Trinajstić information content (AvgIpc) is 2.95. The molecule has 0 bridgehead atoms. The van der Waals surface area contributed by atoms with Crippen LogP contribution in [0.4, 0.5) is 0 Å². The Morgan fingerprint density at radius 1 is 1.38 bits per heavy atom. The molecule has 3 heterocycles. The molecule has 0 fully saturated rings. The van der Waals surface area contributed by atoms with Gasteiger partial charge in [0.05, 0.1) is 12.2 Å². The highest BCUT2D eigenvalue weighted by atomic mass is 16.5. The Labute approximate surface area is 122 Å². The number of amides is 1. The SMILES string of the molecule is Cc1cc(C(=O)N2CCc3nocc3C2)c(=O)n(C)c1C. The van der Waals surface area contributed by atoms with E-state index in [2.05, 4.69) is 5.16 Å². The van der Waals surface area contributed by atoms with Gasteiger partial charge < -0.3 is 14.0 Å². The lowest BCUT2D eigenvalue weighted by Crippen LogP contribution is -2.39. The number of hydrogen-bond donors (Lipinski definition) is 0. The largest absolute Gasteiger partial charge is 0.364 e. The Hall–Kier alpha value is -2.37. The van der Waals surface area contributed by atoms with Gasteiger partial charge in [-0.2, -0.15) is 0 Å². The minimum Gasteiger partial charge on any atom is -0.364 e. The van der Waals surface area contributed by atoms with Crippen molar-refractivity contribution in [3.05, 3.63) is 50.8 Å². The summed E-state index contributed by atoms with van der Waals surface area (Å²) in [6.45, 7) is 4.76. The fourth-order valence-electron chi connectivity index (χ4n) is 2.62. The number of aryl methyl sites for hydroxylation is 1. The molecular formula is C15H17N3O3. The minimum atomic E-state index is -0.251. The van der Waals surface area contributed by atoms with Gasteiger partial charge >= 0.3 is 0 Å². The van der Waals surface area contributed by atoms with Gasteiger partial charge in [-0.25, -0.2) is 0 Å². The zero-order chi connectivity index (χ0) is 15.1. The molecule has 6 nitrogen and oxygen atoms in total. The van der Waals surface area contributed by atoms with Gasteiger partial charge in [0.25, 0.3) is 11.5 Å². The molecule has 0 saturated heterocycles. The molecule has 0 unspecified atom stereocenters. The molecular weight excluding hydrogens is 270 g/mol. The van der Waals surface area contributed by atoms with E-state index in [1.807, 2.05) is 13.8 Å². The highest BCUT2D eigenvalue weighted by Crippen LogP contribution is 2.19. The van der Waals surface area contributed by atoms with E-state index in [-0.39, 0.29) is 17.0 Å². The Balaban J connectivity index is 1.96. The topological polar surface area (TPSA) is 68.3 Å². The van der Waals surface area contributed by atoms with Gasteiger partial charge in [0.15, 0.2) is 0 Å². The second kappa shape index (κ2) is 4.87. The van der Waals surface area contributed by atoms with Crippen molar-refractivity contribution in [1.29, 1.82) is 0 Å². The van der Waals surface area contributed by atoms with Crippen molar-refractivity contribution in [3.63, 3.8) is 0 Å². The summed E-state index contributed by atoms with van der Waals surface area (Å²) in [5, 5.41) is 3.90. The zero-order valence-corrected chi connectivity index (χ0v) is 12.3. The molecule has 0 spiro atoms. The van der Waals surface area contributed by atoms with E-state index in [1.165, 1.54) is 4.57 Å². The van der Waals surface area contributed by atoms with Gasteiger partial charge in [0.2, 0.25) is 0 Å². The first-order valence-corrected chi connectivity index (χ1v) is 6.87. The number of hydrogen-bond acceptors (Lipinski definition) is 4. The van der Waals surface area contributed by atoms with Crippen LogP contribution < -0.4 is 5.56 Å². The Morgan fingerprint density at radius 3 is 2.90 bits per heavy atom. The third-order valence-electron chi connectivity index (χ3n) is 4.20. The standard InChI is InChI=1S/C15H17N3O3/c1-9-6-12(14(19)17(3)10(9)2)15(20)18-5-4-13-11(7-18)8-21-16-13/h6,8H,4-5,7H2,1-3H3. The van der Waals surface area contributed by atoms with Crippen LogP contribution in [0.2, 0.25) is 0 Å². The van der Waals surface area contributed by atoms with E-state index in [9.17, 15) is 9.59 Å². The predicted molar refractivity (Wildman–Crippen MR) is 76.1 cm³/mol. The van der Waals surface area contributed by atoms with E-state index in [0.29, 0.717) is 19.5 Å². The molecule has 1 aliphatic heterocycles. The van der Waals surface area contributed by atoms with Crippen molar-refractivity contribution >= 4 is 5.91 Å². The summed E-state index contributed by atoms with van der Waals surface area (Å²) < 4.78 is 6.45. The molecule has 6 heteroatoms. The van der Waals surface area contributed by atoms with Crippen molar-refractivity contribution in [1.82, 2.24) is 14.6 Å². The summed E-state index contributed by atoms with van der Waals surface area (Å²) in [5.41, 5.74) is 3.58. The molecule has 3 rings (SSSR count). The van der Waals surface area contributed by atoms with Crippen LogP contribution >= 0.6 is 0 Å². The normalized spacial score (nSPS) is 14.1. The first kappa shape index (κ1) is 13.6. The minimum absolute atomic E-state index is 0.223. The fourth-order valence-corrected chi connectivity index (χ4v) is 2.62. The van der Waals surface area contributed by atoms with Crippen LogP contribution in [-0.2, 0) is 20.0 Å². The molecule has 0 N–H and O–H groups in total. The number of pyridine rings is 1. The molecule has 1 aliphatic rings. The molecule has 2 aromatic rings. The van der Waals surface area contributed by atoms with Gasteiger partial charge in [-0.1, -0.05) is 5.16 Å². The quantitative estimate of drug-likeness (QED) is 0.790. The number of nitrogens with zero attached hydrogens (tertiary/aromatic N) is 3. The molecule has 21 heavy (non-hydrogen) atoms. The maximum atomic E-state index is 12.6. The Kier molecular flexibility index (Phi) is 3.16. The summed E-state index contributed by atoms with van der Waals surface area (Å²) >= 11 is 0. The Bertz CT molecular complexity index is 773. The smallest absolute Gasteiger partial charge is 0.263 e. The Morgan fingerprint density at radius 2 is 2.14 bits per heavy atom. The average molecular weight is 287 g/mol. The van der Waals surface area contributed by atoms with E-state index in [4.69, 9.17) is 4.52 Å². The number of carbonyl (C=O) groups is 1. The van der Waals surface area contributed by atoms with E-state index in [1.54, 1.807) is 24.3 Å². The van der Waals surface area contributed by atoms with Gasteiger partial charge in [-0.3, -0.25) is 9.59 Å². The zero-order valence-electron chi connectivity index (χ0n) is 12.3. The summed E-state index contributed by atoms with van der Waals surface area (Å²) in [6.07, 6.45) is 2.22. The summed E-state index contributed by atoms with van der Waals surface area (Å²) in [5.74, 6) is -0.231. The van der Waals surface area contributed by atoms with Gasteiger partial charge in [0.1, 0.15) is 11.8 Å². The first-order valence-electron chi connectivity index (χ1n) is 6.87. The molecule has 0 saturated carbocycles. The van der Waals surface area contributed by atoms with Gasteiger partial charge in [-0.15, -0.1) is 0 Å². The second-order valence-electron chi connectivity index (χ2n) is 5.45. The van der Waals surface area contributed by atoms with Crippen LogP contribution in [0.5, 0.6) is 0 Å². The van der Waals surface area contributed by atoms with Crippen LogP contribution in [0, 0.1) is 13.8 Å². The lowest BCUT2D eigenvalue weighted by molar-refractivity contribution is 0.0731. The number of aromatic nitrogens is 2. The van der Waals surface area contributed by atoms with Crippen molar-refractivity contribution in [2.45, 2.75) is 26.8 Å². The van der Waals surface area contributed by atoms with Crippen molar-refractivity contribution in [2.24, 2.45) is 7.05 Å². The summed E-state index contributed by atoms with van der Waals surface area (Å²) in [6, 6.07) is 1.68. The molecule has 110 valence electrons. The van der Waals surface area contributed by atoms with Crippen molar-refractivity contribution in [3.8, 4) is 0 Å². The highest BCUT2D eigenvalue weighted by molar-refractivity contribution is 5.94. The van der Waals surface area contributed by atoms with Crippen LogP contribution in [0.25, 0.3) is 0 Å². The summed E-state index contributed by atoms with van der Waals surface area (Å²) in [7, 11) is 1.69. The number of carbonyl (C=O) groups excluding carboxylic acids is 1. The molecule has 0 radical (unpaired) electrons. The third-order valence-corrected chi connectivity index (χ3v) is 4.20. The molecule has 0 atom stereocenters. The fraction of sp³-hybridized carbons (Fsp3) is 0.400. The predicted octanol–water partition coefficient (Wildman–Crippen LogP) is 1.19. The maximum Gasteiger partial charge on any atom is 0.263 e. The summed E-state index contributed by atoms with van der Waals surface area (Å²) in [4.78, 5) is 26.6. The van der Waals surface area contributed by atoms with E-state index >= 15 is 0 Å². The second-order valence-corrected chi connectivity index (χ2v) is 5.45. The van der Waals surface area contributed by atoms with Gasteiger partial charge in [0, 0.05) is 31.3 Å². The van der Waals surface area contributed by atoms with Crippen LogP contribution in [-0.4, -0.2) is 27.1 Å². The molecule has 2 aromatic heterocycles. The van der Waals surface area contributed by atoms with Crippen LogP contribution in [0.3, 0.4) is 0 Å². The van der Waals surface area contributed by atoms with E-state index in [0.717, 1.165) is 22.5 Å². The first-order chi connectivity index (χ1) is 9.99. The molecule has 0 aromatic carbocycles. The monoisotopic (exact) mass is 287 g/mol. The lowest BCUT2D eigenvalue weighted by Gasteiger charge is -2.26. The lowest BCUT2D eigenvalue weighted by atomic mass is 10.1. The third kappa shape index (κ3) is 2.16. The molecule has 0 aliphatic carbocycles.